The summed E-state index contributed by atoms with van der Waals surface area (Å²) in [4.78, 5) is 28.7. The van der Waals surface area contributed by atoms with Crippen LogP contribution in [0.5, 0.6) is 0 Å². The zero-order valence-electron chi connectivity index (χ0n) is 19.6. The highest BCUT2D eigenvalue weighted by atomic mass is 35.5. The van der Waals surface area contributed by atoms with Crippen LogP contribution in [0.3, 0.4) is 0 Å². The Morgan fingerprint density at radius 2 is 1.49 bits per heavy atom. The molecule has 0 spiro atoms. The van der Waals surface area contributed by atoms with Gasteiger partial charge in [0.15, 0.2) is 0 Å². The van der Waals surface area contributed by atoms with Gasteiger partial charge in [0.1, 0.15) is 0 Å². The fourth-order valence-electron chi connectivity index (χ4n) is 3.73. The summed E-state index contributed by atoms with van der Waals surface area (Å²) in [5.41, 5.74) is 1.79. The van der Waals surface area contributed by atoms with Crippen LogP contribution in [0.1, 0.15) is 30.4 Å². The van der Waals surface area contributed by atoms with Gasteiger partial charge >= 0.3 is 0 Å². The highest BCUT2D eigenvalue weighted by Gasteiger charge is 2.19. The second kappa shape index (κ2) is 14.3. The number of halogens is 3. The predicted octanol–water partition coefficient (Wildman–Crippen LogP) is 5.80. The highest BCUT2D eigenvalue weighted by molar-refractivity contribution is 6.42. The van der Waals surface area contributed by atoms with Crippen molar-refractivity contribution in [1.29, 1.82) is 0 Å². The Balaban J connectivity index is 1.25. The first kappa shape index (κ1) is 27.3. The number of unbranched alkanes of at least 4 members (excludes halogenated alkanes) is 2. The number of hydrogen-bond donors (Lipinski definition) is 1. The van der Waals surface area contributed by atoms with Crippen molar-refractivity contribution in [2.45, 2.75) is 19.3 Å². The highest BCUT2D eigenvalue weighted by Crippen LogP contribution is 2.23. The number of amides is 2. The van der Waals surface area contributed by atoms with Crippen LogP contribution in [0.4, 0.5) is 0 Å². The third-order valence-electron chi connectivity index (χ3n) is 5.79. The number of rotatable bonds is 10. The molecule has 0 unspecified atom stereocenters. The van der Waals surface area contributed by atoms with E-state index < -0.39 is 0 Å². The minimum absolute atomic E-state index is 0.0107. The van der Waals surface area contributed by atoms with E-state index in [1.807, 2.05) is 23.1 Å². The molecule has 0 radical (unpaired) electrons. The van der Waals surface area contributed by atoms with E-state index in [0.717, 1.165) is 63.1 Å². The van der Waals surface area contributed by atoms with E-state index >= 15 is 0 Å². The molecule has 2 aromatic rings. The van der Waals surface area contributed by atoms with Crippen LogP contribution in [0.2, 0.25) is 15.1 Å². The first-order valence-corrected chi connectivity index (χ1v) is 12.9. The summed E-state index contributed by atoms with van der Waals surface area (Å²) in [5, 5.41) is 4.57. The Hall–Kier alpha value is -2.31. The van der Waals surface area contributed by atoms with Crippen LogP contribution in [0.15, 0.2) is 54.6 Å². The minimum Gasteiger partial charge on any atom is -0.353 e. The van der Waals surface area contributed by atoms with Gasteiger partial charge in [-0.1, -0.05) is 59.4 Å². The Morgan fingerprint density at radius 1 is 0.800 bits per heavy atom. The van der Waals surface area contributed by atoms with Gasteiger partial charge in [0.05, 0.1) is 10.0 Å². The number of carbonyl (C=O) groups excluding carboxylic acids is 2. The topological polar surface area (TPSA) is 52.7 Å². The van der Waals surface area contributed by atoms with Gasteiger partial charge in [0.25, 0.3) is 0 Å². The van der Waals surface area contributed by atoms with Crippen molar-refractivity contribution >= 4 is 58.8 Å². The molecule has 5 nitrogen and oxygen atoms in total. The largest absolute Gasteiger partial charge is 0.353 e. The van der Waals surface area contributed by atoms with Gasteiger partial charge in [-0.3, -0.25) is 14.5 Å². The first-order chi connectivity index (χ1) is 16.9. The average Bonchev–Trinajstić information content (AvgIpc) is 2.86. The van der Waals surface area contributed by atoms with E-state index in [-0.39, 0.29) is 11.8 Å². The minimum atomic E-state index is -0.0889. The average molecular weight is 535 g/mol. The van der Waals surface area contributed by atoms with E-state index in [0.29, 0.717) is 21.6 Å². The Morgan fingerprint density at radius 3 is 2.20 bits per heavy atom. The van der Waals surface area contributed by atoms with E-state index in [1.165, 1.54) is 0 Å². The molecule has 2 aromatic carbocycles. The van der Waals surface area contributed by atoms with E-state index in [4.69, 9.17) is 34.8 Å². The van der Waals surface area contributed by atoms with Crippen LogP contribution in [-0.4, -0.2) is 60.9 Å². The molecule has 1 saturated heterocycles. The van der Waals surface area contributed by atoms with Gasteiger partial charge in [0.2, 0.25) is 11.8 Å². The van der Waals surface area contributed by atoms with E-state index in [2.05, 4.69) is 10.2 Å². The second-order valence-corrected chi connectivity index (χ2v) is 9.66. The molecule has 0 bridgehead atoms. The van der Waals surface area contributed by atoms with Crippen molar-refractivity contribution < 1.29 is 9.59 Å². The molecule has 0 saturated carbocycles. The molecule has 186 valence electrons. The van der Waals surface area contributed by atoms with Gasteiger partial charge in [0, 0.05) is 49.9 Å². The molecular formula is C27H30Cl3N3O2. The molecule has 1 aliphatic rings. The number of piperazine rings is 1. The van der Waals surface area contributed by atoms with Crippen LogP contribution in [0.25, 0.3) is 12.2 Å². The number of nitrogens with zero attached hydrogens (tertiary/aromatic N) is 2. The lowest BCUT2D eigenvalue weighted by molar-refractivity contribution is -0.127. The third kappa shape index (κ3) is 9.69. The number of carbonyl (C=O) groups is 2. The quantitative estimate of drug-likeness (QED) is 0.309. The Bertz CT molecular complexity index is 1050. The maximum Gasteiger partial charge on any atom is 0.246 e. The molecule has 0 atom stereocenters. The molecule has 35 heavy (non-hydrogen) atoms. The maximum atomic E-state index is 12.5. The van der Waals surface area contributed by atoms with Crippen LogP contribution in [0, 0.1) is 0 Å². The van der Waals surface area contributed by atoms with Crippen molar-refractivity contribution in [3.63, 3.8) is 0 Å². The van der Waals surface area contributed by atoms with Crippen molar-refractivity contribution in [2.24, 2.45) is 0 Å². The monoisotopic (exact) mass is 533 g/mol. The van der Waals surface area contributed by atoms with E-state index in [1.54, 1.807) is 48.6 Å². The van der Waals surface area contributed by atoms with Crippen LogP contribution in [-0.2, 0) is 9.59 Å². The summed E-state index contributed by atoms with van der Waals surface area (Å²) in [6.07, 6.45) is 9.74. The summed E-state index contributed by atoms with van der Waals surface area (Å²) in [7, 11) is 0. The van der Waals surface area contributed by atoms with Gasteiger partial charge in [-0.15, -0.1) is 0 Å². The maximum absolute atomic E-state index is 12.5. The summed E-state index contributed by atoms with van der Waals surface area (Å²) < 4.78 is 0. The molecule has 3 rings (SSSR count). The molecule has 2 amide bonds. The number of benzene rings is 2. The van der Waals surface area contributed by atoms with Crippen molar-refractivity contribution in [2.75, 3.05) is 39.3 Å². The van der Waals surface area contributed by atoms with Crippen LogP contribution >= 0.6 is 34.8 Å². The molecule has 1 aliphatic heterocycles. The second-order valence-electron chi connectivity index (χ2n) is 8.41. The molecule has 0 aliphatic carbocycles. The van der Waals surface area contributed by atoms with Crippen LogP contribution < -0.4 is 5.32 Å². The fourth-order valence-corrected chi connectivity index (χ4v) is 4.17. The third-order valence-corrected chi connectivity index (χ3v) is 6.78. The first-order valence-electron chi connectivity index (χ1n) is 11.8. The van der Waals surface area contributed by atoms with Gasteiger partial charge in [-0.25, -0.2) is 0 Å². The molecule has 8 heteroatoms. The smallest absolute Gasteiger partial charge is 0.246 e. The van der Waals surface area contributed by atoms with Gasteiger partial charge in [-0.05, 0) is 66.9 Å². The normalized spacial score (nSPS) is 14.7. The predicted molar refractivity (Wildman–Crippen MR) is 146 cm³/mol. The summed E-state index contributed by atoms with van der Waals surface area (Å²) in [6.45, 7) is 4.86. The molecule has 1 fully saturated rings. The van der Waals surface area contributed by atoms with Gasteiger partial charge < -0.3 is 10.2 Å². The van der Waals surface area contributed by atoms with Gasteiger partial charge in [-0.2, -0.15) is 0 Å². The molecule has 0 aromatic heterocycles. The number of hydrogen-bond acceptors (Lipinski definition) is 3. The lowest BCUT2D eigenvalue weighted by Gasteiger charge is -2.34. The van der Waals surface area contributed by atoms with E-state index in [9.17, 15) is 9.59 Å². The standard InChI is InChI=1S/C27H30Cl3N3O2/c28-23-9-4-21(5-10-23)7-12-26(34)31-14-2-1-3-15-32-16-18-33(19-17-32)27(35)13-8-22-6-11-24(29)25(30)20-22/h4-13,20H,1-3,14-19H2,(H,31,34)/b12-7+,13-8?. The molecular weight excluding hydrogens is 505 g/mol. The Kier molecular flexibility index (Phi) is 11.1. The van der Waals surface area contributed by atoms with Crippen molar-refractivity contribution in [3.8, 4) is 0 Å². The zero-order valence-corrected chi connectivity index (χ0v) is 21.8. The molecule has 1 N–H and O–H groups in total. The number of nitrogens with one attached hydrogen (secondary N) is 1. The summed E-state index contributed by atoms with van der Waals surface area (Å²) in [6, 6.07) is 12.6. The fraction of sp³-hybridized carbons (Fsp3) is 0.333. The molecule has 1 heterocycles. The lowest BCUT2D eigenvalue weighted by atomic mass is 10.2. The van der Waals surface area contributed by atoms with Crippen molar-refractivity contribution in [1.82, 2.24) is 15.1 Å². The summed E-state index contributed by atoms with van der Waals surface area (Å²) >= 11 is 17.8. The zero-order chi connectivity index (χ0) is 25.0. The Labute approximate surface area is 222 Å². The lowest BCUT2D eigenvalue weighted by Crippen LogP contribution is -2.48. The summed E-state index contributed by atoms with van der Waals surface area (Å²) in [5.74, 6) is -0.0782. The van der Waals surface area contributed by atoms with Crippen molar-refractivity contribution in [3.05, 3.63) is 80.8 Å². The SMILES string of the molecule is O=C(/C=C/c1ccc(Cl)cc1)NCCCCCN1CCN(C(=O)C=Cc2ccc(Cl)c(Cl)c2)CC1.